The molecule has 0 bridgehead atoms. The molecule has 1 heterocycles. The molecule has 0 saturated heterocycles. The van der Waals surface area contributed by atoms with Crippen LogP contribution in [0.2, 0.25) is 0 Å². The summed E-state index contributed by atoms with van der Waals surface area (Å²) in [6.45, 7) is 1.57. The number of nitrogens with zero attached hydrogens (tertiary/aromatic N) is 2. The van der Waals surface area contributed by atoms with Crippen LogP contribution in [0.3, 0.4) is 0 Å². The van der Waals surface area contributed by atoms with Crippen LogP contribution in [0.25, 0.3) is 11.3 Å². The quantitative estimate of drug-likeness (QED) is 0.540. The van der Waals surface area contributed by atoms with E-state index in [-0.39, 0.29) is 18.7 Å². The minimum absolute atomic E-state index is 0.212. The van der Waals surface area contributed by atoms with Gasteiger partial charge in [0.1, 0.15) is 6.54 Å². The second kappa shape index (κ2) is 10.3. The van der Waals surface area contributed by atoms with Gasteiger partial charge in [-0.2, -0.15) is 5.10 Å². The number of amides is 1. The highest BCUT2D eigenvalue weighted by Gasteiger charge is 2.15. The molecule has 9 nitrogen and oxygen atoms in total. The fraction of sp³-hybridized carbons (Fsp3) is 0.217. The van der Waals surface area contributed by atoms with Crippen LogP contribution >= 0.6 is 0 Å². The molecule has 166 valence electrons. The zero-order chi connectivity index (χ0) is 23.1. The zero-order valence-electron chi connectivity index (χ0n) is 18.0. The highest BCUT2D eigenvalue weighted by molar-refractivity contribution is 6.01. The Kier molecular flexibility index (Phi) is 7.22. The molecule has 1 amide bonds. The number of hydrogen-bond acceptors (Lipinski definition) is 7. The second-order valence-corrected chi connectivity index (χ2v) is 6.60. The molecule has 1 N–H and O–H groups in total. The number of ether oxygens (including phenoxy) is 3. The van der Waals surface area contributed by atoms with E-state index in [1.165, 1.54) is 20.3 Å². The van der Waals surface area contributed by atoms with Crippen molar-refractivity contribution in [2.45, 2.75) is 13.5 Å². The van der Waals surface area contributed by atoms with Crippen LogP contribution in [-0.2, 0) is 16.1 Å². The first-order valence-corrected chi connectivity index (χ1v) is 9.83. The smallest absolute Gasteiger partial charge is 0.340 e. The summed E-state index contributed by atoms with van der Waals surface area (Å²) in [5, 5.41) is 6.94. The first-order chi connectivity index (χ1) is 15.5. The Morgan fingerprint density at radius 2 is 1.75 bits per heavy atom. The van der Waals surface area contributed by atoms with Gasteiger partial charge in [-0.15, -0.1) is 0 Å². The van der Waals surface area contributed by atoms with E-state index in [1.54, 1.807) is 55.5 Å². The third kappa shape index (κ3) is 5.12. The molecule has 3 rings (SSSR count). The van der Waals surface area contributed by atoms with Crippen molar-refractivity contribution in [3.05, 3.63) is 70.5 Å². The number of carbonyl (C=O) groups excluding carboxylic acids is 2. The lowest BCUT2D eigenvalue weighted by Crippen LogP contribution is -2.29. The normalized spacial score (nSPS) is 10.3. The Morgan fingerprint density at radius 1 is 1.00 bits per heavy atom. The molecule has 0 aliphatic rings. The molecule has 3 aromatic rings. The minimum Gasteiger partial charge on any atom is -0.493 e. The molecule has 0 aliphatic carbocycles. The number of hydrogen-bond donors (Lipinski definition) is 1. The molecule has 1 aromatic heterocycles. The summed E-state index contributed by atoms with van der Waals surface area (Å²) < 4.78 is 16.6. The third-order valence-corrected chi connectivity index (χ3v) is 4.54. The van der Waals surface area contributed by atoms with Crippen molar-refractivity contribution >= 4 is 17.6 Å². The number of para-hydroxylation sites is 1. The molecule has 32 heavy (non-hydrogen) atoms. The Balaban J connectivity index is 1.83. The summed E-state index contributed by atoms with van der Waals surface area (Å²) in [7, 11) is 3.06. The van der Waals surface area contributed by atoms with Crippen molar-refractivity contribution in [3.63, 3.8) is 0 Å². The predicted molar refractivity (Wildman–Crippen MR) is 118 cm³/mol. The lowest BCUT2D eigenvalue weighted by Gasteiger charge is -2.12. The van der Waals surface area contributed by atoms with Gasteiger partial charge >= 0.3 is 5.97 Å². The highest BCUT2D eigenvalue weighted by Crippen LogP contribution is 2.31. The number of aromatic nitrogens is 2. The molecule has 0 saturated carbocycles. The van der Waals surface area contributed by atoms with Gasteiger partial charge in [-0.05, 0) is 43.3 Å². The summed E-state index contributed by atoms with van der Waals surface area (Å²) in [5.74, 6) is 0.0111. The maximum atomic E-state index is 12.6. The lowest BCUT2D eigenvalue weighted by atomic mass is 10.1. The number of methoxy groups -OCH3 is 2. The maximum absolute atomic E-state index is 12.6. The molecular formula is C23H23N3O6. The van der Waals surface area contributed by atoms with Crippen molar-refractivity contribution in [3.8, 4) is 22.8 Å². The van der Waals surface area contributed by atoms with E-state index in [9.17, 15) is 14.4 Å². The van der Waals surface area contributed by atoms with E-state index in [1.807, 2.05) is 0 Å². The highest BCUT2D eigenvalue weighted by atomic mass is 16.5. The average molecular weight is 437 g/mol. The van der Waals surface area contributed by atoms with Gasteiger partial charge in [0.2, 0.25) is 5.91 Å². The van der Waals surface area contributed by atoms with Gasteiger partial charge in [0, 0.05) is 11.6 Å². The number of anilines is 1. The van der Waals surface area contributed by atoms with Crippen molar-refractivity contribution in [1.29, 1.82) is 0 Å². The van der Waals surface area contributed by atoms with Gasteiger partial charge in [0.15, 0.2) is 11.5 Å². The van der Waals surface area contributed by atoms with E-state index in [4.69, 9.17) is 14.2 Å². The van der Waals surface area contributed by atoms with Crippen molar-refractivity contribution < 1.29 is 23.8 Å². The fourth-order valence-corrected chi connectivity index (χ4v) is 3.02. The van der Waals surface area contributed by atoms with Crippen LogP contribution in [0.1, 0.15) is 17.3 Å². The number of esters is 1. The molecule has 2 aromatic carbocycles. The van der Waals surface area contributed by atoms with Crippen LogP contribution in [-0.4, -0.2) is 42.5 Å². The summed E-state index contributed by atoms with van der Waals surface area (Å²) >= 11 is 0. The third-order valence-electron chi connectivity index (χ3n) is 4.54. The first-order valence-electron chi connectivity index (χ1n) is 9.83. The van der Waals surface area contributed by atoms with Gasteiger partial charge in [0.05, 0.1) is 37.8 Å². The zero-order valence-corrected chi connectivity index (χ0v) is 18.0. The minimum atomic E-state index is -0.547. The van der Waals surface area contributed by atoms with E-state index >= 15 is 0 Å². The maximum Gasteiger partial charge on any atom is 0.340 e. The molecule has 0 atom stereocenters. The van der Waals surface area contributed by atoms with Crippen molar-refractivity contribution in [1.82, 2.24) is 9.78 Å². The first kappa shape index (κ1) is 22.5. The molecule has 0 unspecified atom stereocenters. The Morgan fingerprint density at radius 3 is 2.47 bits per heavy atom. The number of rotatable bonds is 8. The molecular weight excluding hydrogens is 414 g/mol. The Bertz CT molecular complexity index is 1190. The van der Waals surface area contributed by atoms with Gasteiger partial charge in [-0.3, -0.25) is 9.59 Å². The van der Waals surface area contributed by atoms with Gasteiger partial charge in [-0.1, -0.05) is 12.1 Å². The molecule has 0 fully saturated rings. The van der Waals surface area contributed by atoms with Crippen LogP contribution in [0.5, 0.6) is 11.5 Å². The SMILES string of the molecule is CCOC(=O)c1ccccc1NC(=O)Cn1nc(-c2ccc(OC)c(OC)c2)ccc1=O. The number of carbonyl (C=O) groups is 2. The van der Waals surface area contributed by atoms with E-state index in [0.29, 0.717) is 28.4 Å². The van der Waals surface area contributed by atoms with E-state index in [0.717, 1.165) is 4.68 Å². The largest absolute Gasteiger partial charge is 0.493 e. The lowest BCUT2D eigenvalue weighted by molar-refractivity contribution is -0.117. The summed E-state index contributed by atoms with van der Waals surface area (Å²) in [6, 6.07) is 14.6. The van der Waals surface area contributed by atoms with Gasteiger partial charge < -0.3 is 19.5 Å². The van der Waals surface area contributed by atoms with Gasteiger partial charge in [-0.25, -0.2) is 9.48 Å². The molecule has 0 spiro atoms. The Hall–Kier alpha value is -4.14. The monoisotopic (exact) mass is 437 g/mol. The van der Waals surface area contributed by atoms with E-state index < -0.39 is 17.4 Å². The van der Waals surface area contributed by atoms with Gasteiger partial charge in [0.25, 0.3) is 5.56 Å². The summed E-state index contributed by atoms with van der Waals surface area (Å²) in [4.78, 5) is 37.0. The molecule has 9 heteroatoms. The van der Waals surface area contributed by atoms with Crippen LogP contribution < -0.4 is 20.3 Å². The van der Waals surface area contributed by atoms with Crippen molar-refractivity contribution in [2.24, 2.45) is 0 Å². The predicted octanol–water partition coefficient (Wildman–Crippen LogP) is 2.74. The number of nitrogens with one attached hydrogen (secondary N) is 1. The summed E-state index contributed by atoms with van der Waals surface area (Å²) in [6.07, 6.45) is 0. The van der Waals surface area contributed by atoms with Crippen LogP contribution in [0.15, 0.2) is 59.4 Å². The molecule has 0 radical (unpaired) electrons. The van der Waals surface area contributed by atoms with E-state index in [2.05, 4.69) is 10.4 Å². The van der Waals surface area contributed by atoms with Crippen LogP contribution in [0, 0.1) is 0 Å². The second-order valence-electron chi connectivity index (χ2n) is 6.60. The topological polar surface area (TPSA) is 109 Å². The Labute approximate surface area is 184 Å². The summed E-state index contributed by atoms with van der Waals surface area (Å²) in [5.41, 5.74) is 1.24. The fourth-order valence-electron chi connectivity index (χ4n) is 3.02. The number of benzene rings is 2. The van der Waals surface area contributed by atoms with Crippen LogP contribution in [0.4, 0.5) is 5.69 Å². The van der Waals surface area contributed by atoms with Crippen molar-refractivity contribution in [2.75, 3.05) is 26.1 Å². The molecule has 0 aliphatic heterocycles. The standard InChI is InChI=1S/C23H23N3O6/c1-4-32-23(29)16-7-5-6-8-18(16)24-21(27)14-26-22(28)12-10-17(25-26)15-9-11-19(30-2)20(13-15)31-3/h5-13H,4,14H2,1-3H3,(H,24,27). The average Bonchev–Trinajstić information content (AvgIpc) is 2.80.